The zero-order valence-electron chi connectivity index (χ0n) is 40.9. The second-order valence-electron chi connectivity index (χ2n) is 15.7. The monoisotopic (exact) mass is 893 g/mol. The van der Waals surface area contributed by atoms with Gasteiger partial charge in [-0.25, -0.2) is 0 Å². The largest absolute Gasteiger partial charge is 0.462 e. The Kier molecular flexibility index (Phi) is 47.7. The SMILES string of the molecule is CC\C=C/C=C\C=C/C=C\CCCCCC(=O)OCC(COC(=O)CC/C=C\C/C=C\C/C=C\C/C=C\C/C=C\C/C=C\CC)OC(=O)CCCCCCCCC\C=C/C=C\C=C/CC. The van der Waals surface area contributed by atoms with E-state index in [1.54, 1.807) is 0 Å². The van der Waals surface area contributed by atoms with E-state index in [-0.39, 0.29) is 50.4 Å². The van der Waals surface area contributed by atoms with E-state index in [0.29, 0.717) is 6.42 Å². The average Bonchev–Trinajstić information content (AvgIpc) is 3.30. The predicted octanol–water partition coefficient (Wildman–Crippen LogP) is 16.6. The van der Waals surface area contributed by atoms with Crippen LogP contribution in [0, 0.1) is 0 Å². The summed E-state index contributed by atoms with van der Waals surface area (Å²) in [5.74, 6) is -1.09. The number of rotatable bonds is 42. The van der Waals surface area contributed by atoms with E-state index in [2.05, 4.69) is 130 Å². The molecule has 0 saturated heterocycles. The summed E-state index contributed by atoms with van der Waals surface area (Å²) < 4.78 is 16.7. The zero-order valence-corrected chi connectivity index (χ0v) is 40.9. The van der Waals surface area contributed by atoms with Crippen molar-refractivity contribution in [1.29, 1.82) is 0 Å². The minimum Gasteiger partial charge on any atom is -0.462 e. The third-order valence-corrected chi connectivity index (χ3v) is 9.68. The van der Waals surface area contributed by atoms with Gasteiger partial charge in [-0.05, 0) is 96.3 Å². The van der Waals surface area contributed by atoms with Crippen molar-refractivity contribution < 1.29 is 28.6 Å². The van der Waals surface area contributed by atoms with Crippen LogP contribution in [0.25, 0.3) is 0 Å². The van der Waals surface area contributed by atoms with Gasteiger partial charge in [0.2, 0.25) is 0 Å². The molecule has 0 fully saturated rings. The first-order valence-electron chi connectivity index (χ1n) is 25.1. The molecule has 0 radical (unpaired) electrons. The van der Waals surface area contributed by atoms with Gasteiger partial charge in [-0.3, -0.25) is 14.4 Å². The molecule has 1 unspecified atom stereocenters. The van der Waals surface area contributed by atoms with Gasteiger partial charge in [-0.15, -0.1) is 0 Å². The second kappa shape index (κ2) is 51.7. The van der Waals surface area contributed by atoms with Crippen LogP contribution in [0.15, 0.2) is 158 Å². The minimum absolute atomic E-state index is 0.135. The van der Waals surface area contributed by atoms with E-state index in [4.69, 9.17) is 14.2 Å². The fraction of sp³-hybridized carbons (Fsp3) is 0.508. The third kappa shape index (κ3) is 49.9. The van der Waals surface area contributed by atoms with Crippen molar-refractivity contribution >= 4 is 17.9 Å². The lowest BCUT2D eigenvalue weighted by Gasteiger charge is -2.18. The third-order valence-electron chi connectivity index (χ3n) is 9.68. The molecular formula is C59H88O6. The first kappa shape index (κ1) is 60.0. The van der Waals surface area contributed by atoms with Gasteiger partial charge in [0.15, 0.2) is 6.10 Å². The van der Waals surface area contributed by atoms with E-state index in [0.717, 1.165) is 109 Å². The van der Waals surface area contributed by atoms with Gasteiger partial charge in [0.1, 0.15) is 13.2 Å². The van der Waals surface area contributed by atoms with Crippen molar-refractivity contribution in [2.75, 3.05) is 13.2 Å². The molecule has 6 nitrogen and oxygen atoms in total. The molecule has 0 N–H and O–H groups in total. The summed E-state index contributed by atoms with van der Waals surface area (Å²) in [6.07, 6.45) is 75.2. The van der Waals surface area contributed by atoms with Crippen LogP contribution in [0.5, 0.6) is 0 Å². The first-order chi connectivity index (χ1) is 32.0. The van der Waals surface area contributed by atoms with Crippen molar-refractivity contribution in [3.8, 4) is 0 Å². The Bertz CT molecular complexity index is 1540. The number of unbranched alkanes of at least 4 members (excludes halogenated alkanes) is 10. The first-order valence-corrected chi connectivity index (χ1v) is 25.1. The molecule has 0 aromatic rings. The number of hydrogen-bond acceptors (Lipinski definition) is 6. The Morgan fingerprint density at radius 2 is 0.662 bits per heavy atom. The zero-order chi connectivity index (χ0) is 47.2. The highest BCUT2D eigenvalue weighted by molar-refractivity contribution is 5.71. The maximum atomic E-state index is 12.8. The van der Waals surface area contributed by atoms with Gasteiger partial charge in [-0.1, -0.05) is 217 Å². The van der Waals surface area contributed by atoms with Crippen LogP contribution >= 0.6 is 0 Å². The van der Waals surface area contributed by atoms with Crippen molar-refractivity contribution in [2.24, 2.45) is 0 Å². The number of carbonyl (C=O) groups excluding carboxylic acids is 3. The smallest absolute Gasteiger partial charge is 0.306 e. The summed E-state index contributed by atoms with van der Waals surface area (Å²) >= 11 is 0. The number of ether oxygens (including phenoxy) is 3. The summed E-state index contributed by atoms with van der Waals surface area (Å²) in [6, 6.07) is 0. The summed E-state index contributed by atoms with van der Waals surface area (Å²) in [5.41, 5.74) is 0. The fourth-order valence-corrected chi connectivity index (χ4v) is 6.01. The summed E-state index contributed by atoms with van der Waals surface area (Å²) in [4.78, 5) is 37.9. The van der Waals surface area contributed by atoms with E-state index in [1.165, 1.54) is 19.3 Å². The summed E-state index contributed by atoms with van der Waals surface area (Å²) in [6.45, 7) is 6.11. The Labute approximate surface area is 397 Å². The maximum Gasteiger partial charge on any atom is 0.306 e. The molecule has 360 valence electrons. The van der Waals surface area contributed by atoms with Crippen molar-refractivity contribution in [3.05, 3.63) is 158 Å². The van der Waals surface area contributed by atoms with E-state index in [9.17, 15) is 14.4 Å². The van der Waals surface area contributed by atoms with Crippen LogP contribution in [0.2, 0.25) is 0 Å². The highest BCUT2D eigenvalue weighted by atomic mass is 16.6. The molecule has 0 aromatic carbocycles. The molecule has 0 aliphatic carbocycles. The molecule has 0 amide bonds. The molecule has 65 heavy (non-hydrogen) atoms. The topological polar surface area (TPSA) is 78.9 Å². The molecule has 0 bridgehead atoms. The summed E-state index contributed by atoms with van der Waals surface area (Å²) in [5, 5.41) is 0. The predicted molar refractivity (Wildman–Crippen MR) is 278 cm³/mol. The minimum atomic E-state index is -0.839. The highest BCUT2D eigenvalue weighted by Crippen LogP contribution is 2.12. The lowest BCUT2D eigenvalue weighted by molar-refractivity contribution is -0.166. The van der Waals surface area contributed by atoms with Crippen LogP contribution in [0.3, 0.4) is 0 Å². The molecule has 6 heteroatoms. The van der Waals surface area contributed by atoms with Crippen LogP contribution in [0.1, 0.15) is 175 Å². The molecule has 0 saturated carbocycles. The van der Waals surface area contributed by atoms with Crippen LogP contribution in [0.4, 0.5) is 0 Å². The van der Waals surface area contributed by atoms with Crippen molar-refractivity contribution in [2.45, 2.75) is 181 Å². The molecule has 0 aliphatic rings. The molecular weight excluding hydrogens is 805 g/mol. The fourth-order valence-electron chi connectivity index (χ4n) is 6.01. The normalized spacial score (nSPS) is 13.5. The average molecular weight is 893 g/mol. The van der Waals surface area contributed by atoms with Crippen LogP contribution in [-0.2, 0) is 28.6 Å². The number of esters is 3. The van der Waals surface area contributed by atoms with Gasteiger partial charge >= 0.3 is 17.9 Å². The molecule has 1 atom stereocenters. The van der Waals surface area contributed by atoms with E-state index < -0.39 is 6.10 Å². The van der Waals surface area contributed by atoms with Crippen LogP contribution in [-0.4, -0.2) is 37.2 Å². The maximum absolute atomic E-state index is 12.8. The van der Waals surface area contributed by atoms with E-state index >= 15 is 0 Å². The standard InChI is InChI=1S/C59H88O6/c1-4-7-10-13-16-19-22-25-27-28-29-30-32-34-37-40-43-46-49-52-58(61)64-55-56(54-63-57(60)51-48-45-42-39-36-33-24-21-18-15-12-9-6-3)65-59(62)53-50-47-44-41-38-35-31-26-23-20-17-14-11-8-5-2/h7-12,14-21,23-25,27,29-30,33-34,36-37,43,46,56H,4-6,13,22,26,28,31-32,35,38-42,44-45,47-55H2,1-3H3/b10-7-,11-8-,12-9-,17-14-,18-15-,19-16-,23-20-,24-21-,27-25-,30-29-,36-33-,37-34-,46-43-. The lowest BCUT2D eigenvalue weighted by Crippen LogP contribution is -2.30. The number of hydrogen-bond donors (Lipinski definition) is 0. The molecule has 0 spiro atoms. The van der Waals surface area contributed by atoms with Crippen LogP contribution < -0.4 is 0 Å². The van der Waals surface area contributed by atoms with Gasteiger partial charge in [0.05, 0.1) is 0 Å². The van der Waals surface area contributed by atoms with Gasteiger partial charge in [0, 0.05) is 19.3 Å². The molecule has 0 rings (SSSR count). The Hall–Kier alpha value is -4.97. The quantitative estimate of drug-likeness (QED) is 0.0200. The Morgan fingerprint density at radius 3 is 1.12 bits per heavy atom. The van der Waals surface area contributed by atoms with Gasteiger partial charge in [-0.2, -0.15) is 0 Å². The van der Waals surface area contributed by atoms with Crippen molar-refractivity contribution in [3.63, 3.8) is 0 Å². The van der Waals surface area contributed by atoms with Gasteiger partial charge < -0.3 is 14.2 Å². The van der Waals surface area contributed by atoms with Crippen molar-refractivity contribution in [1.82, 2.24) is 0 Å². The molecule has 0 aliphatic heterocycles. The molecule has 0 heterocycles. The van der Waals surface area contributed by atoms with Gasteiger partial charge in [0.25, 0.3) is 0 Å². The highest BCUT2D eigenvalue weighted by Gasteiger charge is 2.19. The number of allylic oxidation sites excluding steroid dienone is 26. The summed E-state index contributed by atoms with van der Waals surface area (Å²) in [7, 11) is 0. The second-order valence-corrected chi connectivity index (χ2v) is 15.7. The number of carbonyl (C=O) groups is 3. The Morgan fingerprint density at radius 1 is 0.323 bits per heavy atom. The lowest BCUT2D eigenvalue weighted by atomic mass is 10.1. The Balaban J connectivity index is 4.61. The van der Waals surface area contributed by atoms with E-state index in [1.807, 2.05) is 48.6 Å². The molecule has 0 aromatic heterocycles.